The number of benzene rings is 1. The minimum atomic E-state index is -0.967. The van der Waals surface area contributed by atoms with Gasteiger partial charge in [0.2, 0.25) is 0 Å². The van der Waals surface area contributed by atoms with E-state index in [1.54, 1.807) is 6.07 Å². The van der Waals surface area contributed by atoms with Crippen LogP contribution in [0.15, 0.2) is 18.2 Å². The van der Waals surface area contributed by atoms with Gasteiger partial charge in [-0.2, -0.15) is 0 Å². The van der Waals surface area contributed by atoms with Gasteiger partial charge < -0.3 is 10.8 Å². The van der Waals surface area contributed by atoms with Gasteiger partial charge in [0.25, 0.3) is 0 Å². The number of rotatable bonds is 4. The topological polar surface area (TPSA) is 63.3 Å². The molecule has 1 aromatic carbocycles. The van der Waals surface area contributed by atoms with E-state index < -0.39 is 17.7 Å². The van der Waals surface area contributed by atoms with Crippen LogP contribution in [-0.2, 0) is 4.79 Å². The van der Waals surface area contributed by atoms with E-state index in [0.29, 0.717) is 12.0 Å². The van der Waals surface area contributed by atoms with E-state index in [-0.39, 0.29) is 11.6 Å². The van der Waals surface area contributed by atoms with E-state index in [4.69, 9.17) is 10.8 Å². The Bertz CT molecular complexity index is 391. The number of aliphatic carboxylic acids is 1. The summed E-state index contributed by atoms with van der Waals surface area (Å²) in [7, 11) is 0. The number of carboxylic acids is 1. The number of hydrogen-bond donors (Lipinski definition) is 2. The van der Waals surface area contributed by atoms with Crippen molar-refractivity contribution in [1.29, 1.82) is 0 Å². The second-order valence-electron chi connectivity index (χ2n) is 4.26. The minimum absolute atomic E-state index is 0.0597. The highest BCUT2D eigenvalue weighted by molar-refractivity contribution is 5.78. The van der Waals surface area contributed by atoms with Crippen molar-refractivity contribution < 1.29 is 14.3 Å². The fraction of sp³-hybridized carbons (Fsp3) is 0.417. The van der Waals surface area contributed by atoms with Gasteiger partial charge in [0, 0.05) is 0 Å². The molecule has 0 spiro atoms. The molecular weight excluding hydrogens is 209 g/mol. The molecular formula is C12H16FNO2. The lowest BCUT2D eigenvalue weighted by Gasteiger charge is -2.17. The third-order valence-corrected chi connectivity index (χ3v) is 2.47. The van der Waals surface area contributed by atoms with Crippen LogP contribution in [0, 0.1) is 11.7 Å². The molecule has 3 nitrogen and oxygen atoms in total. The summed E-state index contributed by atoms with van der Waals surface area (Å²) in [5.74, 6) is -2.06. The van der Waals surface area contributed by atoms with Gasteiger partial charge in [-0.05, 0) is 24.0 Å². The van der Waals surface area contributed by atoms with Crippen LogP contribution in [0.5, 0.6) is 0 Å². The first-order valence-electron chi connectivity index (χ1n) is 5.20. The normalized spacial score (nSPS) is 12.8. The summed E-state index contributed by atoms with van der Waals surface area (Å²) in [6.45, 7) is 3.84. The number of anilines is 1. The van der Waals surface area contributed by atoms with Crippen LogP contribution in [0.3, 0.4) is 0 Å². The highest BCUT2D eigenvalue weighted by atomic mass is 19.1. The Balaban J connectivity index is 3.11. The Morgan fingerprint density at radius 3 is 2.62 bits per heavy atom. The van der Waals surface area contributed by atoms with Crippen molar-refractivity contribution in [3.05, 3.63) is 29.6 Å². The van der Waals surface area contributed by atoms with Gasteiger partial charge in [-0.25, -0.2) is 4.39 Å². The summed E-state index contributed by atoms with van der Waals surface area (Å²) in [5, 5.41) is 9.11. The summed E-state index contributed by atoms with van der Waals surface area (Å²) < 4.78 is 13.2. The van der Waals surface area contributed by atoms with Crippen LogP contribution >= 0.6 is 0 Å². The number of nitrogen functional groups attached to an aromatic ring is 1. The first-order chi connectivity index (χ1) is 7.43. The number of halogens is 1. The van der Waals surface area contributed by atoms with Gasteiger partial charge in [-0.1, -0.05) is 26.0 Å². The van der Waals surface area contributed by atoms with E-state index in [0.717, 1.165) is 0 Å². The van der Waals surface area contributed by atoms with E-state index in [2.05, 4.69) is 0 Å². The largest absolute Gasteiger partial charge is 0.481 e. The Hall–Kier alpha value is -1.58. The third kappa shape index (κ3) is 2.72. The standard InChI is InChI=1S/C12H16FNO2/c1-7(2)6-9(12(15)16)8-4-3-5-10(13)11(8)14/h3-5,7,9H,6,14H2,1-2H3,(H,15,16). The molecule has 3 N–H and O–H groups in total. The molecule has 0 saturated heterocycles. The fourth-order valence-electron chi connectivity index (χ4n) is 1.69. The molecule has 0 bridgehead atoms. The monoisotopic (exact) mass is 225 g/mol. The summed E-state index contributed by atoms with van der Waals surface area (Å²) in [4.78, 5) is 11.1. The van der Waals surface area contributed by atoms with Crippen LogP contribution in [0.4, 0.5) is 10.1 Å². The van der Waals surface area contributed by atoms with Gasteiger partial charge >= 0.3 is 5.97 Å². The van der Waals surface area contributed by atoms with Crippen LogP contribution in [0.1, 0.15) is 31.7 Å². The predicted molar refractivity (Wildman–Crippen MR) is 60.6 cm³/mol. The van der Waals surface area contributed by atoms with E-state index in [1.165, 1.54) is 12.1 Å². The van der Waals surface area contributed by atoms with Crippen molar-refractivity contribution in [2.75, 3.05) is 5.73 Å². The SMILES string of the molecule is CC(C)CC(C(=O)O)c1cccc(F)c1N. The maximum Gasteiger partial charge on any atom is 0.311 e. The van der Waals surface area contributed by atoms with Crippen molar-refractivity contribution in [2.24, 2.45) is 5.92 Å². The number of carbonyl (C=O) groups is 1. The molecule has 0 amide bonds. The lowest BCUT2D eigenvalue weighted by atomic mass is 9.89. The second kappa shape index (κ2) is 4.96. The van der Waals surface area contributed by atoms with Gasteiger partial charge in [0.1, 0.15) is 5.82 Å². The minimum Gasteiger partial charge on any atom is -0.481 e. The summed E-state index contributed by atoms with van der Waals surface area (Å²) in [6, 6.07) is 4.28. The molecule has 0 radical (unpaired) electrons. The van der Waals surface area contributed by atoms with Crippen LogP contribution in [0.25, 0.3) is 0 Å². The molecule has 0 aromatic heterocycles. The molecule has 0 heterocycles. The molecule has 0 aliphatic carbocycles. The highest BCUT2D eigenvalue weighted by Crippen LogP contribution is 2.29. The lowest BCUT2D eigenvalue weighted by molar-refractivity contribution is -0.139. The number of para-hydroxylation sites is 1. The highest BCUT2D eigenvalue weighted by Gasteiger charge is 2.24. The van der Waals surface area contributed by atoms with Gasteiger partial charge in [0.15, 0.2) is 0 Å². The smallest absolute Gasteiger partial charge is 0.311 e. The number of carboxylic acid groups (broad SMARTS) is 1. The van der Waals surface area contributed by atoms with Gasteiger partial charge in [-0.15, -0.1) is 0 Å². The molecule has 0 aliphatic heterocycles. The molecule has 0 aliphatic rings. The Morgan fingerprint density at radius 2 is 2.12 bits per heavy atom. The fourth-order valence-corrected chi connectivity index (χ4v) is 1.69. The van der Waals surface area contributed by atoms with Crippen LogP contribution < -0.4 is 5.73 Å². The second-order valence-corrected chi connectivity index (χ2v) is 4.26. The average Bonchev–Trinajstić information content (AvgIpc) is 2.18. The summed E-state index contributed by atoms with van der Waals surface area (Å²) in [6.07, 6.45) is 0.447. The first kappa shape index (κ1) is 12.5. The molecule has 1 atom stereocenters. The predicted octanol–water partition coefficient (Wildman–Crippen LogP) is 2.62. The summed E-state index contributed by atoms with van der Waals surface area (Å²) >= 11 is 0. The lowest BCUT2D eigenvalue weighted by Crippen LogP contribution is -2.16. The molecule has 1 rings (SSSR count). The quantitative estimate of drug-likeness (QED) is 0.774. The summed E-state index contributed by atoms with van der Waals surface area (Å²) in [5.41, 5.74) is 5.86. The maximum absolute atomic E-state index is 13.2. The molecule has 0 saturated carbocycles. The van der Waals surface area contributed by atoms with Crippen LogP contribution in [-0.4, -0.2) is 11.1 Å². The van der Waals surface area contributed by atoms with E-state index >= 15 is 0 Å². The third-order valence-electron chi connectivity index (χ3n) is 2.47. The molecule has 16 heavy (non-hydrogen) atoms. The zero-order chi connectivity index (χ0) is 12.3. The van der Waals surface area contributed by atoms with Crippen molar-refractivity contribution in [3.63, 3.8) is 0 Å². The van der Waals surface area contributed by atoms with Crippen molar-refractivity contribution in [2.45, 2.75) is 26.2 Å². The zero-order valence-electron chi connectivity index (χ0n) is 9.40. The molecule has 4 heteroatoms. The van der Waals surface area contributed by atoms with Crippen molar-refractivity contribution in [3.8, 4) is 0 Å². The Labute approximate surface area is 94.1 Å². The Morgan fingerprint density at radius 1 is 1.50 bits per heavy atom. The first-order valence-corrected chi connectivity index (χ1v) is 5.20. The Kier molecular flexibility index (Phi) is 3.88. The van der Waals surface area contributed by atoms with E-state index in [9.17, 15) is 9.18 Å². The molecule has 88 valence electrons. The van der Waals surface area contributed by atoms with Crippen molar-refractivity contribution in [1.82, 2.24) is 0 Å². The van der Waals surface area contributed by atoms with Crippen molar-refractivity contribution >= 4 is 11.7 Å². The van der Waals surface area contributed by atoms with E-state index in [1.807, 2.05) is 13.8 Å². The number of nitrogens with two attached hydrogens (primary N) is 1. The van der Waals surface area contributed by atoms with Crippen LogP contribution in [0.2, 0.25) is 0 Å². The van der Waals surface area contributed by atoms with Gasteiger partial charge in [0.05, 0.1) is 11.6 Å². The van der Waals surface area contributed by atoms with Gasteiger partial charge in [-0.3, -0.25) is 4.79 Å². The maximum atomic E-state index is 13.2. The zero-order valence-corrected chi connectivity index (χ0v) is 9.40. The molecule has 0 fully saturated rings. The molecule has 1 aromatic rings. The number of hydrogen-bond acceptors (Lipinski definition) is 2. The molecule has 1 unspecified atom stereocenters. The average molecular weight is 225 g/mol.